The quantitative estimate of drug-likeness (QED) is 0.449. The first kappa shape index (κ1) is 20.4. The zero-order chi connectivity index (χ0) is 21.8. The van der Waals surface area contributed by atoms with E-state index in [1.807, 2.05) is 12.1 Å². The van der Waals surface area contributed by atoms with Gasteiger partial charge in [-0.1, -0.05) is 17.7 Å². The van der Waals surface area contributed by atoms with E-state index in [1.165, 1.54) is 0 Å². The van der Waals surface area contributed by atoms with Crippen LogP contribution in [0, 0.1) is 0 Å². The summed E-state index contributed by atoms with van der Waals surface area (Å²) in [5, 5.41) is 4.29. The van der Waals surface area contributed by atoms with Crippen LogP contribution in [0.25, 0.3) is 10.9 Å². The van der Waals surface area contributed by atoms with Crippen LogP contribution in [0.5, 0.6) is 11.5 Å². The molecule has 4 rings (SSSR count). The number of methoxy groups -OCH3 is 1. The number of anilines is 2. The van der Waals surface area contributed by atoms with Crippen molar-refractivity contribution < 1.29 is 14.3 Å². The fourth-order valence-electron chi connectivity index (χ4n) is 2.92. The minimum absolute atomic E-state index is 0.106. The molecule has 9 heteroatoms. The molecule has 0 spiro atoms. The second-order valence-corrected chi connectivity index (χ2v) is 6.97. The lowest BCUT2D eigenvalue weighted by molar-refractivity contribution is 0.0991. The minimum Gasteiger partial charge on any atom is -0.497 e. The van der Waals surface area contributed by atoms with Crippen LogP contribution < -0.4 is 20.5 Å². The lowest BCUT2D eigenvalue weighted by Gasteiger charge is -2.13. The summed E-state index contributed by atoms with van der Waals surface area (Å²) in [5.74, 6) is 0.717. The number of aromatic nitrogens is 3. The van der Waals surface area contributed by atoms with E-state index >= 15 is 0 Å². The van der Waals surface area contributed by atoms with Crippen LogP contribution in [-0.2, 0) is 6.61 Å². The summed E-state index contributed by atoms with van der Waals surface area (Å²) in [6, 6.07) is 14.3. The highest BCUT2D eigenvalue weighted by Gasteiger charge is 2.13. The third-order valence-corrected chi connectivity index (χ3v) is 4.73. The third-order valence-electron chi connectivity index (χ3n) is 4.44. The molecule has 0 saturated carbocycles. The van der Waals surface area contributed by atoms with E-state index in [2.05, 4.69) is 20.3 Å². The van der Waals surface area contributed by atoms with Crippen LogP contribution in [0.2, 0.25) is 5.02 Å². The molecule has 31 heavy (non-hydrogen) atoms. The standard InChI is InChI=1S/C22H18ClN5O3/c1-30-15-5-6-16-18(10-15)27-22(20(24)29)28-21(16)26-14-4-7-19(17(23)9-14)31-12-13-3-2-8-25-11-13/h2-11H,12H2,1H3,(H2,24,29)(H,26,27,28). The minimum atomic E-state index is -0.732. The fraction of sp³-hybridized carbons (Fsp3) is 0.0909. The molecule has 156 valence electrons. The smallest absolute Gasteiger partial charge is 0.286 e. The number of nitrogens with zero attached hydrogens (tertiary/aromatic N) is 3. The van der Waals surface area contributed by atoms with Crippen LogP contribution in [0.4, 0.5) is 11.5 Å². The summed E-state index contributed by atoms with van der Waals surface area (Å²) in [6.07, 6.45) is 3.43. The molecule has 0 bridgehead atoms. The second-order valence-electron chi connectivity index (χ2n) is 6.56. The fourth-order valence-corrected chi connectivity index (χ4v) is 3.15. The molecule has 1 amide bonds. The third kappa shape index (κ3) is 4.65. The number of fused-ring (bicyclic) bond motifs is 1. The lowest BCUT2D eigenvalue weighted by Crippen LogP contribution is -2.16. The van der Waals surface area contributed by atoms with Crippen molar-refractivity contribution in [1.29, 1.82) is 0 Å². The summed E-state index contributed by atoms with van der Waals surface area (Å²) in [6.45, 7) is 0.348. The van der Waals surface area contributed by atoms with Gasteiger partial charge in [-0.05, 0) is 36.4 Å². The Balaban J connectivity index is 1.61. The first-order valence-electron chi connectivity index (χ1n) is 9.27. The molecule has 4 aromatic rings. The number of primary amides is 1. The molecule has 0 fully saturated rings. The van der Waals surface area contributed by atoms with Gasteiger partial charge >= 0.3 is 0 Å². The van der Waals surface area contributed by atoms with Crippen molar-refractivity contribution in [3.63, 3.8) is 0 Å². The lowest BCUT2D eigenvalue weighted by atomic mass is 10.2. The highest BCUT2D eigenvalue weighted by molar-refractivity contribution is 6.32. The van der Waals surface area contributed by atoms with E-state index in [0.29, 0.717) is 45.5 Å². The van der Waals surface area contributed by atoms with E-state index < -0.39 is 5.91 Å². The average Bonchev–Trinajstić information content (AvgIpc) is 2.78. The molecule has 0 aliphatic heterocycles. The van der Waals surface area contributed by atoms with E-state index in [9.17, 15) is 4.79 Å². The SMILES string of the molecule is COc1ccc2c(Nc3ccc(OCc4cccnc4)c(Cl)c3)nc(C(N)=O)nc2c1. The van der Waals surface area contributed by atoms with Crippen LogP contribution in [-0.4, -0.2) is 28.0 Å². The Labute approximate surface area is 183 Å². The molecular weight excluding hydrogens is 418 g/mol. The van der Waals surface area contributed by atoms with Crippen LogP contribution in [0.1, 0.15) is 16.2 Å². The summed E-state index contributed by atoms with van der Waals surface area (Å²) in [7, 11) is 1.55. The van der Waals surface area contributed by atoms with Crippen molar-refractivity contribution in [2.75, 3.05) is 12.4 Å². The number of hydrogen-bond donors (Lipinski definition) is 2. The van der Waals surface area contributed by atoms with Gasteiger partial charge in [-0.3, -0.25) is 9.78 Å². The Kier molecular flexibility index (Phi) is 5.81. The zero-order valence-corrected chi connectivity index (χ0v) is 17.3. The Morgan fingerprint density at radius 2 is 2.03 bits per heavy atom. The van der Waals surface area contributed by atoms with Gasteiger partial charge in [-0.15, -0.1) is 0 Å². The average molecular weight is 436 g/mol. The maximum atomic E-state index is 11.7. The monoisotopic (exact) mass is 435 g/mol. The molecule has 2 aromatic heterocycles. The largest absolute Gasteiger partial charge is 0.497 e. The van der Waals surface area contributed by atoms with Gasteiger partial charge in [0.1, 0.15) is 23.9 Å². The number of carbonyl (C=O) groups excluding carboxylic acids is 1. The summed E-state index contributed by atoms with van der Waals surface area (Å²) < 4.78 is 11.0. The van der Waals surface area contributed by atoms with Gasteiger partial charge in [0.15, 0.2) is 0 Å². The summed E-state index contributed by atoms with van der Waals surface area (Å²) in [4.78, 5) is 24.2. The van der Waals surface area contributed by atoms with Crippen LogP contribution in [0.15, 0.2) is 60.9 Å². The van der Waals surface area contributed by atoms with Gasteiger partial charge in [-0.25, -0.2) is 9.97 Å². The van der Waals surface area contributed by atoms with Gasteiger partial charge < -0.3 is 20.5 Å². The predicted octanol–water partition coefficient (Wildman–Crippen LogP) is 4.11. The van der Waals surface area contributed by atoms with E-state index in [1.54, 1.807) is 55.9 Å². The number of halogens is 1. The van der Waals surface area contributed by atoms with Gasteiger partial charge in [0.25, 0.3) is 5.91 Å². The molecule has 0 aliphatic carbocycles. The van der Waals surface area contributed by atoms with Gasteiger partial charge in [-0.2, -0.15) is 0 Å². The van der Waals surface area contributed by atoms with Crippen molar-refractivity contribution >= 4 is 39.9 Å². The van der Waals surface area contributed by atoms with Gasteiger partial charge in [0.2, 0.25) is 5.82 Å². The van der Waals surface area contributed by atoms with Crippen molar-refractivity contribution in [2.24, 2.45) is 5.73 Å². The van der Waals surface area contributed by atoms with Gasteiger partial charge in [0.05, 0.1) is 17.6 Å². The predicted molar refractivity (Wildman–Crippen MR) is 118 cm³/mol. The molecular formula is C22H18ClN5O3. The zero-order valence-electron chi connectivity index (χ0n) is 16.5. The highest BCUT2D eigenvalue weighted by atomic mass is 35.5. The van der Waals surface area contributed by atoms with E-state index in [-0.39, 0.29) is 5.82 Å². The number of benzene rings is 2. The number of nitrogens with two attached hydrogens (primary N) is 1. The molecule has 8 nitrogen and oxygen atoms in total. The molecule has 0 aliphatic rings. The van der Waals surface area contributed by atoms with Crippen LogP contribution in [0.3, 0.4) is 0 Å². The van der Waals surface area contributed by atoms with E-state index in [0.717, 1.165) is 5.56 Å². The Morgan fingerprint density at radius 1 is 1.16 bits per heavy atom. The first-order chi connectivity index (χ1) is 15.0. The van der Waals surface area contributed by atoms with Crippen molar-refractivity contribution in [3.8, 4) is 11.5 Å². The maximum Gasteiger partial charge on any atom is 0.286 e. The maximum absolute atomic E-state index is 11.7. The molecule has 0 atom stereocenters. The molecule has 0 saturated heterocycles. The molecule has 2 heterocycles. The number of hydrogen-bond acceptors (Lipinski definition) is 7. The van der Waals surface area contributed by atoms with Crippen molar-refractivity contribution in [3.05, 3.63) is 77.3 Å². The summed E-state index contributed by atoms with van der Waals surface area (Å²) >= 11 is 6.40. The molecule has 3 N–H and O–H groups in total. The van der Waals surface area contributed by atoms with Crippen molar-refractivity contribution in [1.82, 2.24) is 15.0 Å². The Bertz CT molecular complexity index is 1250. The number of nitrogens with one attached hydrogen (secondary N) is 1. The molecule has 0 radical (unpaired) electrons. The number of amides is 1. The molecule has 0 unspecified atom stereocenters. The number of rotatable bonds is 7. The topological polar surface area (TPSA) is 112 Å². The second kappa shape index (κ2) is 8.85. The number of ether oxygens (including phenoxy) is 2. The normalized spacial score (nSPS) is 10.6. The number of carbonyl (C=O) groups is 1. The van der Waals surface area contributed by atoms with Crippen LogP contribution >= 0.6 is 11.6 Å². The molecule has 2 aromatic carbocycles. The van der Waals surface area contributed by atoms with E-state index in [4.69, 9.17) is 26.8 Å². The van der Waals surface area contributed by atoms with Crippen molar-refractivity contribution in [2.45, 2.75) is 6.61 Å². The first-order valence-corrected chi connectivity index (χ1v) is 9.65. The number of pyridine rings is 1. The Morgan fingerprint density at radius 3 is 2.74 bits per heavy atom. The summed E-state index contributed by atoms with van der Waals surface area (Å²) in [5.41, 5.74) is 7.51. The highest BCUT2D eigenvalue weighted by Crippen LogP contribution is 2.32. The van der Waals surface area contributed by atoms with Gasteiger partial charge in [0, 0.05) is 35.1 Å². The Hall–Kier alpha value is -3.91.